The summed E-state index contributed by atoms with van der Waals surface area (Å²) in [7, 11) is 1.69. The molecule has 1 aromatic carbocycles. The van der Waals surface area contributed by atoms with Crippen LogP contribution in [0.2, 0.25) is 0 Å². The van der Waals surface area contributed by atoms with Crippen molar-refractivity contribution >= 4 is 22.9 Å². The van der Waals surface area contributed by atoms with Gasteiger partial charge in [-0.1, -0.05) is 4.31 Å². The Morgan fingerprint density at radius 3 is 2.64 bits per heavy atom. The Labute approximate surface area is 229 Å². The van der Waals surface area contributed by atoms with Crippen molar-refractivity contribution in [3.8, 4) is 11.4 Å². The minimum absolute atomic E-state index is 0.119. The molecule has 2 aromatic heterocycles. The highest BCUT2D eigenvalue weighted by Gasteiger charge is 2.36. The summed E-state index contributed by atoms with van der Waals surface area (Å²) in [5.41, 5.74) is 8.02. The van der Waals surface area contributed by atoms with Crippen molar-refractivity contribution in [2.75, 3.05) is 43.9 Å². The van der Waals surface area contributed by atoms with Crippen LogP contribution in [-0.4, -0.2) is 64.6 Å². The molecule has 1 saturated heterocycles. The number of nitrogens with zero attached hydrogens (tertiary/aromatic N) is 5. The summed E-state index contributed by atoms with van der Waals surface area (Å²) in [5.74, 6) is 0.781. The highest BCUT2D eigenvalue weighted by Crippen LogP contribution is 2.32. The Balaban J connectivity index is 1.39. The first kappa shape index (κ1) is 27.4. The van der Waals surface area contributed by atoms with Crippen LogP contribution in [0.1, 0.15) is 30.4 Å². The first-order valence-electron chi connectivity index (χ1n) is 13.0. The minimum Gasteiger partial charge on any atom is -0.483 e. The molecule has 3 heterocycles. The normalized spacial score (nSPS) is 20.8. The molecule has 1 saturated carbocycles. The summed E-state index contributed by atoms with van der Waals surface area (Å²) in [4.78, 5) is 19.9. The van der Waals surface area contributed by atoms with Crippen LogP contribution in [0.5, 0.6) is 5.75 Å². The number of alkyl halides is 1. The van der Waals surface area contributed by atoms with Crippen molar-refractivity contribution in [3.63, 3.8) is 0 Å². The van der Waals surface area contributed by atoms with Crippen LogP contribution in [0.4, 0.5) is 20.3 Å². The Bertz CT molecular complexity index is 1350. The molecule has 0 radical (unpaired) electrons. The van der Waals surface area contributed by atoms with E-state index >= 15 is 0 Å². The average molecular weight is 560 g/mol. The zero-order chi connectivity index (χ0) is 27.5. The third-order valence-electron chi connectivity index (χ3n) is 7.06. The molecule has 3 atom stereocenters. The lowest BCUT2D eigenvalue weighted by Gasteiger charge is -2.34. The van der Waals surface area contributed by atoms with Gasteiger partial charge in [0.1, 0.15) is 29.6 Å². The lowest BCUT2D eigenvalue weighted by atomic mass is 10.2. The number of halogens is 2. The van der Waals surface area contributed by atoms with Crippen LogP contribution < -0.4 is 20.9 Å². The molecule has 0 amide bonds. The standard InChI is InChI=1S/C27H33F2N6O3S/c1-18-12-21(29)14-22(13-18)35-27(36)25(38-23-6-5-20(28)15-23)24(16-32-35)33-8-10-34(11-9-33)39(37-2)17-19-4-3-7-31-26(19)30/h3-4,7,12-14,16,20,23H,5-6,8-11,15,17H2,1-2H3,(H2,30,31)/q+1. The molecule has 208 valence electrons. The highest BCUT2D eigenvalue weighted by atomic mass is 32.2. The van der Waals surface area contributed by atoms with E-state index in [1.807, 2.05) is 12.1 Å². The number of hydrogen-bond donors (Lipinski definition) is 1. The molecular weight excluding hydrogens is 526 g/mol. The van der Waals surface area contributed by atoms with Gasteiger partial charge in [0, 0.05) is 31.3 Å². The molecule has 2 fully saturated rings. The smallest absolute Gasteiger partial charge is 0.316 e. The average Bonchev–Trinajstić information content (AvgIpc) is 3.33. The second kappa shape index (κ2) is 11.9. The number of nitrogens with two attached hydrogens (primary N) is 1. The molecule has 2 N–H and O–H groups in total. The fourth-order valence-corrected chi connectivity index (χ4v) is 6.64. The quantitative estimate of drug-likeness (QED) is 0.420. The molecule has 0 bridgehead atoms. The molecule has 3 unspecified atom stereocenters. The second-order valence-electron chi connectivity index (χ2n) is 9.81. The maximum absolute atomic E-state index is 14.1. The molecular formula is C27H33F2N6O3S+. The highest BCUT2D eigenvalue weighted by molar-refractivity contribution is 7.89. The van der Waals surface area contributed by atoms with Crippen LogP contribution in [0.15, 0.2) is 47.5 Å². The molecule has 1 aliphatic heterocycles. The van der Waals surface area contributed by atoms with Crippen LogP contribution in [0.25, 0.3) is 5.69 Å². The van der Waals surface area contributed by atoms with E-state index in [1.165, 1.54) is 12.1 Å². The third kappa shape index (κ3) is 6.18. The van der Waals surface area contributed by atoms with E-state index in [9.17, 15) is 13.6 Å². The Morgan fingerprint density at radius 2 is 1.97 bits per heavy atom. The zero-order valence-electron chi connectivity index (χ0n) is 22.1. The Hall–Kier alpha value is -3.22. The van der Waals surface area contributed by atoms with Gasteiger partial charge >= 0.3 is 5.56 Å². The fraction of sp³-hybridized carbons (Fsp3) is 0.444. The Morgan fingerprint density at radius 1 is 1.18 bits per heavy atom. The number of nitrogen functional groups attached to an aromatic ring is 1. The number of anilines is 2. The van der Waals surface area contributed by atoms with Gasteiger partial charge in [0.15, 0.2) is 5.75 Å². The largest absolute Gasteiger partial charge is 0.483 e. The molecule has 5 rings (SSSR count). The molecule has 12 heteroatoms. The van der Waals surface area contributed by atoms with Crippen molar-refractivity contribution in [1.29, 1.82) is 0 Å². The second-order valence-corrected chi connectivity index (χ2v) is 11.6. The monoisotopic (exact) mass is 559 g/mol. The summed E-state index contributed by atoms with van der Waals surface area (Å²) in [6.07, 6.45) is 3.08. The summed E-state index contributed by atoms with van der Waals surface area (Å²) < 4.78 is 43.4. The molecule has 0 spiro atoms. The van der Waals surface area contributed by atoms with Crippen molar-refractivity contribution in [2.24, 2.45) is 0 Å². The Kier molecular flexibility index (Phi) is 8.34. The topological polar surface area (TPSA) is 98.7 Å². The summed E-state index contributed by atoms with van der Waals surface area (Å²) in [5, 5.41) is 4.38. The number of ether oxygens (including phenoxy) is 1. The van der Waals surface area contributed by atoms with Gasteiger partial charge in [-0.3, -0.25) is 4.79 Å². The first-order chi connectivity index (χ1) is 18.8. The van der Waals surface area contributed by atoms with E-state index in [1.54, 1.807) is 32.5 Å². The molecule has 9 nitrogen and oxygen atoms in total. The summed E-state index contributed by atoms with van der Waals surface area (Å²) in [6.45, 7) is 4.31. The van der Waals surface area contributed by atoms with Crippen LogP contribution in [0, 0.1) is 12.7 Å². The lowest BCUT2D eigenvalue weighted by molar-refractivity contribution is 0.193. The number of piperazine rings is 1. The van der Waals surface area contributed by atoms with Crippen molar-refractivity contribution < 1.29 is 17.7 Å². The lowest BCUT2D eigenvalue weighted by Crippen LogP contribution is -2.50. The molecule has 1 aliphatic carbocycles. The van der Waals surface area contributed by atoms with E-state index in [0.29, 0.717) is 67.5 Å². The van der Waals surface area contributed by atoms with Gasteiger partial charge in [-0.05, 0) is 55.7 Å². The molecule has 3 aromatic rings. The van der Waals surface area contributed by atoms with Gasteiger partial charge in [-0.25, -0.2) is 13.8 Å². The third-order valence-corrected chi connectivity index (χ3v) is 8.94. The van der Waals surface area contributed by atoms with Gasteiger partial charge in [0.25, 0.3) is 0 Å². The number of rotatable bonds is 8. The van der Waals surface area contributed by atoms with E-state index in [-0.39, 0.29) is 12.2 Å². The van der Waals surface area contributed by atoms with Gasteiger partial charge in [-0.2, -0.15) is 14.0 Å². The van der Waals surface area contributed by atoms with Gasteiger partial charge in [0.2, 0.25) is 17.1 Å². The van der Waals surface area contributed by atoms with Crippen molar-refractivity contribution in [2.45, 2.75) is 44.2 Å². The van der Waals surface area contributed by atoms with Crippen molar-refractivity contribution in [3.05, 3.63) is 70.0 Å². The summed E-state index contributed by atoms with van der Waals surface area (Å²) in [6, 6.07) is 8.15. The van der Waals surface area contributed by atoms with E-state index in [2.05, 4.69) is 19.3 Å². The van der Waals surface area contributed by atoms with Crippen LogP contribution >= 0.6 is 0 Å². The molecule has 39 heavy (non-hydrogen) atoms. The van der Waals surface area contributed by atoms with Gasteiger partial charge < -0.3 is 15.4 Å². The van der Waals surface area contributed by atoms with E-state index in [0.717, 1.165) is 10.2 Å². The maximum atomic E-state index is 14.1. The number of pyridine rings is 1. The number of benzene rings is 1. The van der Waals surface area contributed by atoms with Crippen molar-refractivity contribution in [1.82, 2.24) is 19.1 Å². The van der Waals surface area contributed by atoms with Gasteiger partial charge in [0.05, 0.1) is 32.1 Å². The van der Waals surface area contributed by atoms with Crippen LogP contribution in [-0.2, 0) is 21.3 Å². The SMILES string of the molecule is CO[S+](Cc1cccnc1N)N1CCN(c2cnn(-c3cc(C)cc(F)c3)c(=O)c2OC2CCC(F)C2)CC1. The minimum atomic E-state index is -0.947. The van der Waals surface area contributed by atoms with E-state index < -0.39 is 35.0 Å². The van der Waals surface area contributed by atoms with Crippen LogP contribution in [0.3, 0.4) is 0 Å². The fourth-order valence-electron chi connectivity index (χ4n) is 5.04. The number of aryl methyl sites for hydroxylation is 1. The van der Waals surface area contributed by atoms with Gasteiger partial charge in [-0.15, -0.1) is 0 Å². The zero-order valence-corrected chi connectivity index (χ0v) is 22.9. The predicted octanol–water partition coefficient (Wildman–Crippen LogP) is 3.34. The first-order valence-corrected chi connectivity index (χ1v) is 14.3. The van der Waals surface area contributed by atoms with E-state index in [4.69, 9.17) is 14.7 Å². The molecule has 2 aliphatic rings. The number of aromatic nitrogens is 3. The summed E-state index contributed by atoms with van der Waals surface area (Å²) >= 11 is -0.504. The predicted molar refractivity (Wildman–Crippen MR) is 148 cm³/mol. The maximum Gasteiger partial charge on any atom is 0.316 e. The number of hydrogen-bond acceptors (Lipinski definition) is 8.